The van der Waals surface area contributed by atoms with Gasteiger partial charge in [-0.3, -0.25) is 10.2 Å². The predicted octanol–water partition coefficient (Wildman–Crippen LogP) is 4.77. The number of phenolic OH excluding ortho intramolecular Hbond substituents is 1. The van der Waals surface area contributed by atoms with Crippen LogP contribution in [0.25, 0.3) is 0 Å². The van der Waals surface area contributed by atoms with Gasteiger partial charge in [0.25, 0.3) is 5.91 Å². The zero-order valence-corrected chi connectivity index (χ0v) is 15.4. The minimum atomic E-state index is -0.444. The Morgan fingerprint density at radius 1 is 1.00 bits per heavy atom. The van der Waals surface area contributed by atoms with Gasteiger partial charge in [0.05, 0.1) is 5.56 Å². The number of benzene rings is 1. The first-order valence-electron chi connectivity index (χ1n) is 9.43. The summed E-state index contributed by atoms with van der Waals surface area (Å²) in [5.74, 6) is 4.74. The van der Waals surface area contributed by atoms with Crippen molar-refractivity contribution in [3.63, 3.8) is 0 Å². The smallest absolute Gasteiger partial charge is 0.268 e. The highest BCUT2D eigenvalue weighted by atomic mass is 16.3. The average molecular weight is 335 g/mol. The Hall–Kier alpha value is -1.55. The lowest BCUT2D eigenvalue weighted by atomic mass is 9.99. The Labute approximate surface area is 146 Å². The Kier molecular flexibility index (Phi) is 10.2. The second kappa shape index (κ2) is 11.9. The molecule has 0 unspecified atom stereocenters. The first-order valence-corrected chi connectivity index (χ1v) is 9.43. The minimum absolute atomic E-state index is 0.0183. The van der Waals surface area contributed by atoms with Crippen LogP contribution in [0.2, 0.25) is 0 Å². The number of amides is 1. The number of hydrogen-bond acceptors (Lipinski definition) is 3. The maximum atomic E-state index is 11.7. The fourth-order valence-electron chi connectivity index (χ4n) is 3.07. The van der Waals surface area contributed by atoms with Gasteiger partial charge in [0.1, 0.15) is 5.75 Å². The highest BCUT2D eigenvalue weighted by Crippen LogP contribution is 2.25. The molecule has 1 amide bonds. The van der Waals surface area contributed by atoms with Gasteiger partial charge in [0, 0.05) is 0 Å². The van der Waals surface area contributed by atoms with Crippen molar-refractivity contribution >= 4 is 5.91 Å². The van der Waals surface area contributed by atoms with E-state index in [0.29, 0.717) is 0 Å². The third-order valence-electron chi connectivity index (χ3n) is 4.56. The highest BCUT2D eigenvalue weighted by Gasteiger charge is 2.13. The average Bonchev–Trinajstić information content (AvgIpc) is 2.58. The molecule has 0 fully saturated rings. The maximum absolute atomic E-state index is 11.7. The van der Waals surface area contributed by atoms with Crippen molar-refractivity contribution in [3.05, 3.63) is 28.8 Å². The van der Waals surface area contributed by atoms with Gasteiger partial charge >= 0.3 is 0 Å². The highest BCUT2D eigenvalue weighted by molar-refractivity contribution is 5.97. The summed E-state index contributed by atoms with van der Waals surface area (Å²) in [6.07, 6.45) is 14.0. The zero-order chi connectivity index (χ0) is 17.8. The normalized spacial score (nSPS) is 10.8. The lowest BCUT2D eigenvalue weighted by molar-refractivity contribution is 0.0950. The van der Waals surface area contributed by atoms with Crippen LogP contribution in [-0.4, -0.2) is 11.0 Å². The molecule has 0 bridgehead atoms. The van der Waals surface area contributed by atoms with Gasteiger partial charge in [0.15, 0.2) is 0 Å². The van der Waals surface area contributed by atoms with Crippen molar-refractivity contribution in [2.45, 2.75) is 84.5 Å². The minimum Gasteiger partial charge on any atom is -0.507 e. The molecule has 0 radical (unpaired) electrons. The fraction of sp³-hybridized carbons (Fsp3) is 0.650. The van der Waals surface area contributed by atoms with Crippen molar-refractivity contribution in [3.8, 4) is 5.75 Å². The van der Waals surface area contributed by atoms with E-state index in [1.165, 1.54) is 57.8 Å². The molecule has 0 aliphatic heterocycles. The molecule has 0 aliphatic rings. The van der Waals surface area contributed by atoms with Gasteiger partial charge in [-0.2, -0.15) is 0 Å². The first-order chi connectivity index (χ1) is 11.6. The van der Waals surface area contributed by atoms with Crippen LogP contribution in [0.1, 0.15) is 92.6 Å². The van der Waals surface area contributed by atoms with Crippen LogP contribution in [0.5, 0.6) is 5.75 Å². The molecule has 4 nitrogen and oxygen atoms in total. The van der Waals surface area contributed by atoms with Crippen molar-refractivity contribution in [2.75, 3.05) is 0 Å². The number of carbonyl (C=O) groups excluding carboxylic acids is 1. The van der Waals surface area contributed by atoms with Crippen molar-refractivity contribution in [1.29, 1.82) is 0 Å². The first kappa shape index (κ1) is 20.5. The maximum Gasteiger partial charge on any atom is 0.268 e. The molecule has 0 heterocycles. The van der Waals surface area contributed by atoms with Crippen LogP contribution >= 0.6 is 0 Å². The summed E-state index contributed by atoms with van der Waals surface area (Å²) in [6, 6.07) is 3.70. The summed E-state index contributed by atoms with van der Waals surface area (Å²) in [5, 5.41) is 9.95. The number of rotatable bonds is 12. The summed E-state index contributed by atoms with van der Waals surface area (Å²) < 4.78 is 0. The second-order valence-electron chi connectivity index (χ2n) is 6.71. The van der Waals surface area contributed by atoms with Gasteiger partial charge in [-0.15, -0.1) is 0 Å². The zero-order valence-electron chi connectivity index (χ0n) is 15.4. The predicted molar refractivity (Wildman–Crippen MR) is 100 cm³/mol. The number of nitrogens with one attached hydrogen (secondary N) is 1. The number of nitrogen functional groups attached to an aromatic ring is 1. The molecule has 1 aromatic rings. The van der Waals surface area contributed by atoms with Crippen molar-refractivity contribution in [2.24, 2.45) is 5.84 Å². The van der Waals surface area contributed by atoms with Gasteiger partial charge < -0.3 is 5.11 Å². The monoisotopic (exact) mass is 334 g/mol. The number of phenols is 1. The van der Waals surface area contributed by atoms with Crippen molar-refractivity contribution in [1.82, 2.24) is 5.43 Å². The fourth-order valence-corrected chi connectivity index (χ4v) is 3.07. The van der Waals surface area contributed by atoms with Gasteiger partial charge in [-0.05, 0) is 37.0 Å². The molecule has 0 saturated carbocycles. The second-order valence-corrected chi connectivity index (χ2v) is 6.71. The van der Waals surface area contributed by atoms with E-state index in [4.69, 9.17) is 5.84 Å². The van der Waals surface area contributed by atoms with E-state index in [2.05, 4.69) is 12.3 Å². The Bertz CT molecular complexity index is 501. The molecule has 136 valence electrons. The van der Waals surface area contributed by atoms with E-state index < -0.39 is 5.91 Å². The Balaban J connectivity index is 2.26. The third kappa shape index (κ3) is 7.35. The number of aryl methyl sites for hydroxylation is 2. The molecule has 0 saturated heterocycles. The molecule has 0 atom stereocenters. The molecular formula is C20H34N2O2. The molecular weight excluding hydrogens is 300 g/mol. The van der Waals surface area contributed by atoms with E-state index in [-0.39, 0.29) is 11.3 Å². The van der Waals surface area contributed by atoms with Crippen LogP contribution < -0.4 is 11.3 Å². The molecule has 4 heteroatoms. The quantitative estimate of drug-likeness (QED) is 0.223. The van der Waals surface area contributed by atoms with E-state index in [1.807, 2.05) is 13.0 Å². The van der Waals surface area contributed by atoms with E-state index in [0.717, 1.165) is 24.0 Å². The van der Waals surface area contributed by atoms with Crippen LogP contribution in [0, 0.1) is 6.92 Å². The van der Waals surface area contributed by atoms with Crippen LogP contribution in [0.3, 0.4) is 0 Å². The largest absolute Gasteiger partial charge is 0.507 e. The molecule has 1 aromatic carbocycles. The van der Waals surface area contributed by atoms with Gasteiger partial charge in [0.2, 0.25) is 0 Å². The Morgan fingerprint density at radius 3 is 2.08 bits per heavy atom. The van der Waals surface area contributed by atoms with Crippen LogP contribution in [-0.2, 0) is 6.42 Å². The summed E-state index contributed by atoms with van der Waals surface area (Å²) >= 11 is 0. The molecule has 0 aromatic heterocycles. The summed E-state index contributed by atoms with van der Waals surface area (Å²) in [5.41, 5.74) is 4.16. The number of carbonyl (C=O) groups is 1. The molecule has 24 heavy (non-hydrogen) atoms. The van der Waals surface area contributed by atoms with Gasteiger partial charge in [-0.25, -0.2) is 5.84 Å². The molecule has 0 aliphatic carbocycles. The van der Waals surface area contributed by atoms with E-state index in [1.54, 1.807) is 6.07 Å². The number of aromatic hydroxyl groups is 1. The van der Waals surface area contributed by atoms with Gasteiger partial charge in [-0.1, -0.05) is 70.8 Å². The number of hydrazine groups is 1. The lowest BCUT2D eigenvalue weighted by Gasteiger charge is -2.10. The molecule has 1 rings (SSSR count). The number of nitrogens with two attached hydrogens (primary N) is 1. The molecule has 0 spiro atoms. The third-order valence-corrected chi connectivity index (χ3v) is 4.56. The summed E-state index contributed by atoms with van der Waals surface area (Å²) in [7, 11) is 0. The molecule has 4 N–H and O–H groups in total. The van der Waals surface area contributed by atoms with Crippen LogP contribution in [0.15, 0.2) is 12.1 Å². The van der Waals surface area contributed by atoms with E-state index in [9.17, 15) is 9.90 Å². The standard InChI is InChI=1S/C20H34N2O2/c1-3-4-5-6-7-8-9-10-11-12-13-17-14-16(2)19(23)18(15-17)20(24)22-21/h14-15,23H,3-13,21H2,1-2H3,(H,22,24). The van der Waals surface area contributed by atoms with E-state index >= 15 is 0 Å². The SMILES string of the molecule is CCCCCCCCCCCCc1cc(C)c(O)c(C(=O)NN)c1. The topological polar surface area (TPSA) is 75.3 Å². The Morgan fingerprint density at radius 2 is 1.54 bits per heavy atom. The van der Waals surface area contributed by atoms with Crippen LogP contribution in [0.4, 0.5) is 0 Å². The number of unbranched alkanes of at least 4 members (excludes halogenated alkanes) is 9. The summed E-state index contributed by atoms with van der Waals surface area (Å²) in [6.45, 7) is 4.06. The summed E-state index contributed by atoms with van der Waals surface area (Å²) in [4.78, 5) is 11.7. The van der Waals surface area contributed by atoms with Crippen molar-refractivity contribution < 1.29 is 9.90 Å². The lowest BCUT2D eigenvalue weighted by Crippen LogP contribution is -2.30. The number of hydrogen-bond donors (Lipinski definition) is 3.